The van der Waals surface area contributed by atoms with Crippen LogP contribution in [0.25, 0.3) is 0 Å². The second-order valence-corrected chi connectivity index (χ2v) is 7.14. The minimum atomic E-state index is -0.819. The number of benzene rings is 1. The van der Waals surface area contributed by atoms with Gasteiger partial charge in [0.2, 0.25) is 11.7 Å². The van der Waals surface area contributed by atoms with Crippen molar-refractivity contribution in [2.45, 2.75) is 13.5 Å². The van der Waals surface area contributed by atoms with Crippen molar-refractivity contribution in [1.82, 2.24) is 5.32 Å². The monoisotopic (exact) mass is 411 g/mol. The quantitative estimate of drug-likeness (QED) is 0.426. The minimum Gasteiger partial charge on any atom is -0.461 e. The maximum absolute atomic E-state index is 12.2. The Balaban J connectivity index is 1.51. The van der Waals surface area contributed by atoms with Crippen LogP contribution in [0.5, 0.6) is 0 Å². The molecule has 3 aromatic rings. The number of anilines is 2. The van der Waals surface area contributed by atoms with Crippen LogP contribution in [0.3, 0.4) is 0 Å². The third-order valence-corrected chi connectivity index (χ3v) is 4.81. The summed E-state index contributed by atoms with van der Waals surface area (Å²) in [6.45, 7) is 1.51. The molecule has 29 heavy (non-hydrogen) atoms. The summed E-state index contributed by atoms with van der Waals surface area (Å²) >= 11 is 1.21. The highest BCUT2D eigenvalue weighted by Gasteiger charge is 2.16. The van der Waals surface area contributed by atoms with E-state index in [4.69, 9.17) is 4.42 Å². The van der Waals surface area contributed by atoms with Gasteiger partial charge in [0.25, 0.3) is 0 Å². The predicted octanol–water partition coefficient (Wildman–Crippen LogP) is 2.79. The third-order valence-electron chi connectivity index (χ3n) is 3.72. The number of amides is 3. The Labute approximate surface area is 169 Å². The van der Waals surface area contributed by atoms with E-state index in [2.05, 4.69) is 16.0 Å². The van der Waals surface area contributed by atoms with E-state index < -0.39 is 11.8 Å². The second kappa shape index (κ2) is 8.98. The molecule has 2 aromatic heterocycles. The fourth-order valence-corrected chi connectivity index (χ4v) is 3.29. The lowest BCUT2D eigenvalue weighted by atomic mass is 10.2. The van der Waals surface area contributed by atoms with E-state index in [1.807, 2.05) is 0 Å². The summed E-state index contributed by atoms with van der Waals surface area (Å²) in [5.74, 6) is -1.82. The van der Waals surface area contributed by atoms with Gasteiger partial charge in [-0.05, 0) is 48.5 Å². The average Bonchev–Trinajstić information content (AvgIpc) is 3.39. The van der Waals surface area contributed by atoms with Crippen LogP contribution >= 0.6 is 11.3 Å². The molecule has 0 fully saturated rings. The van der Waals surface area contributed by atoms with Crippen LogP contribution in [0.15, 0.2) is 59.2 Å². The van der Waals surface area contributed by atoms with Crippen molar-refractivity contribution >= 4 is 46.2 Å². The van der Waals surface area contributed by atoms with Crippen molar-refractivity contribution in [2.75, 3.05) is 10.6 Å². The molecule has 0 spiro atoms. The van der Waals surface area contributed by atoms with E-state index in [-0.39, 0.29) is 24.0 Å². The molecule has 0 aliphatic carbocycles. The molecular weight excluding hydrogens is 394 g/mol. The minimum absolute atomic E-state index is 0.115. The van der Waals surface area contributed by atoms with Gasteiger partial charge >= 0.3 is 11.8 Å². The van der Waals surface area contributed by atoms with Crippen molar-refractivity contribution in [1.29, 1.82) is 0 Å². The first-order valence-electron chi connectivity index (χ1n) is 8.56. The molecule has 0 atom stereocenters. The molecule has 0 aliphatic heterocycles. The van der Waals surface area contributed by atoms with Crippen LogP contribution < -0.4 is 16.0 Å². The number of carbonyl (C=O) groups excluding carboxylic acids is 4. The largest absolute Gasteiger partial charge is 0.461 e. The van der Waals surface area contributed by atoms with Crippen molar-refractivity contribution < 1.29 is 23.6 Å². The van der Waals surface area contributed by atoms with E-state index in [1.54, 1.807) is 48.5 Å². The lowest BCUT2D eigenvalue weighted by Crippen LogP contribution is -2.34. The van der Waals surface area contributed by atoms with Crippen LogP contribution in [0, 0.1) is 0 Å². The Bertz CT molecular complexity index is 1040. The number of nitrogens with one attached hydrogen (secondary N) is 3. The number of ketones is 1. The first-order chi connectivity index (χ1) is 13.9. The van der Waals surface area contributed by atoms with Gasteiger partial charge in [-0.15, -0.1) is 11.3 Å². The molecule has 3 N–H and O–H groups in total. The fraction of sp³-hybridized carbons (Fsp3) is 0.100. The first kappa shape index (κ1) is 20.0. The summed E-state index contributed by atoms with van der Waals surface area (Å²) in [7, 11) is 0. The standard InChI is InChI=1S/C20H17N3O5S/c1-12(24)22-13-4-6-14(7-5-13)23-20(27)19(26)21-11-15-8-9-17(29-15)18(25)16-3-2-10-28-16/h2-10H,11H2,1H3,(H,21,26)(H,22,24)(H,23,27). The van der Waals surface area contributed by atoms with Gasteiger partial charge < -0.3 is 20.4 Å². The van der Waals surface area contributed by atoms with Crippen LogP contribution in [0.4, 0.5) is 11.4 Å². The summed E-state index contributed by atoms with van der Waals surface area (Å²) in [5, 5.41) is 7.59. The molecule has 9 heteroatoms. The van der Waals surface area contributed by atoms with Crippen LogP contribution in [-0.4, -0.2) is 23.5 Å². The first-order valence-corrected chi connectivity index (χ1v) is 9.38. The zero-order valence-electron chi connectivity index (χ0n) is 15.4. The zero-order valence-corrected chi connectivity index (χ0v) is 16.2. The molecule has 1 aromatic carbocycles. The lowest BCUT2D eigenvalue weighted by molar-refractivity contribution is -0.136. The Hall–Kier alpha value is -3.72. The van der Waals surface area contributed by atoms with Crippen LogP contribution in [-0.2, 0) is 20.9 Å². The summed E-state index contributed by atoms with van der Waals surface area (Å²) in [4.78, 5) is 48.4. The summed E-state index contributed by atoms with van der Waals surface area (Å²) in [6, 6.07) is 12.9. The Morgan fingerprint density at radius 2 is 1.59 bits per heavy atom. The van der Waals surface area contributed by atoms with Gasteiger partial charge in [-0.3, -0.25) is 19.2 Å². The molecule has 8 nitrogen and oxygen atoms in total. The Morgan fingerprint density at radius 3 is 2.21 bits per heavy atom. The van der Waals surface area contributed by atoms with Crippen molar-refractivity contribution in [3.05, 3.63) is 70.3 Å². The smallest absolute Gasteiger partial charge is 0.313 e. The van der Waals surface area contributed by atoms with Gasteiger partial charge in [-0.1, -0.05) is 0 Å². The van der Waals surface area contributed by atoms with Crippen molar-refractivity contribution in [3.63, 3.8) is 0 Å². The van der Waals surface area contributed by atoms with Gasteiger partial charge in [0.15, 0.2) is 5.76 Å². The van der Waals surface area contributed by atoms with Gasteiger partial charge in [0.1, 0.15) is 0 Å². The van der Waals surface area contributed by atoms with Gasteiger partial charge in [-0.2, -0.15) is 0 Å². The topological polar surface area (TPSA) is 118 Å². The maximum atomic E-state index is 12.2. The van der Waals surface area contributed by atoms with Gasteiger partial charge in [0, 0.05) is 23.2 Å². The molecule has 0 aliphatic rings. The molecule has 0 unspecified atom stereocenters. The second-order valence-electron chi connectivity index (χ2n) is 5.97. The lowest BCUT2D eigenvalue weighted by Gasteiger charge is -2.07. The molecule has 0 saturated heterocycles. The Morgan fingerprint density at radius 1 is 0.897 bits per heavy atom. The number of rotatable bonds is 6. The zero-order chi connectivity index (χ0) is 20.8. The van der Waals surface area contributed by atoms with E-state index in [0.29, 0.717) is 16.3 Å². The van der Waals surface area contributed by atoms with E-state index in [0.717, 1.165) is 4.88 Å². The van der Waals surface area contributed by atoms with Gasteiger partial charge in [0.05, 0.1) is 17.7 Å². The molecule has 2 heterocycles. The average molecular weight is 411 g/mol. The van der Waals surface area contributed by atoms with Crippen LogP contribution in [0.1, 0.15) is 27.2 Å². The van der Waals surface area contributed by atoms with Gasteiger partial charge in [-0.25, -0.2) is 0 Å². The number of thiophene rings is 1. The summed E-state index contributed by atoms with van der Waals surface area (Å²) < 4.78 is 5.09. The molecular formula is C20H17N3O5S. The van der Waals surface area contributed by atoms with E-state index in [9.17, 15) is 19.2 Å². The SMILES string of the molecule is CC(=O)Nc1ccc(NC(=O)C(=O)NCc2ccc(C(=O)c3ccco3)s2)cc1. The maximum Gasteiger partial charge on any atom is 0.313 e. The van der Waals surface area contributed by atoms with E-state index >= 15 is 0 Å². The third kappa shape index (κ3) is 5.39. The molecule has 0 bridgehead atoms. The summed E-state index contributed by atoms with van der Waals surface area (Å²) in [6.07, 6.45) is 1.42. The number of furan rings is 1. The molecule has 0 radical (unpaired) electrons. The fourth-order valence-electron chi connectivity index (χ4n) is 2.40. The normalized spacial score (nSPS) is 10.2. The molecule has 148 valence electrons. The highest BCUT2D eigenvalue weighted by molar-refractivity contribution is 7.14. The molecule has 0 saturated carbocycles. The highest BCUT2D eigenvalue weighted by Crippen LogP contribution is 2.20. The van der Waals surface area contributed by atoms with E-state index in [1.165, 1.54) is 24.5 Å². The van der Waals surface area contributed by atoms with Crippen LogP contribution in [0.2, 0.25) is 0 Å². The van der Waals surface area contributed by atoms with Crippen molar-refractivity contribution in [2.24, 2.45) is 0 Å². The number of hydrogen-bond acceptors (Lipinski definition) is 6. The molecule has 3 amide bonds. The number of carbonyl (C=O) groups is 4. The number of hydrogen-bond donors (Lipinski definition) is 3. The highest BCUT2D eigenvalue weighted by atomic mass is 32.1. The predicted molar refractivity (Wildman–Crippen MR) is 108 cm³/mol. The summed E-state index contributed by atoms with van der Waals surface area (Å²) in [5.41, 5.74) is 0.999. The Kier molecular flexibility index (Phi) is 6.20. The molecule has 3 rings (SSSR count). The van der Waals surface area contributed by atoms with Crippen molar-refractivity contribution in [3.8, 4) is 0 Å².